The normalized spacial score (nSPS) is 30.4. The predicted molar refractivity (Wildman–Crippen MR) is 95.3 cm³/mol. The van der Waals surface area contributed by atoms with Crippen LogP contribution >= 0.6 is 0 Å². The molecule has 2 unspecified atom stereocenters. The summed E-state index contributed by atoms with van der Waals surface area (Å²) in [7, 11) is 0. The second kappa shape index (κ2) is 7.50. The Bertz CT molecular complexity index is 506. The van der Waals surface area contributed by atoms with E-state index < -0.39 is 0 Å². The summed E-state index contributed by atoms with van der Waals surface area (Å²) < 4.78 is 0. The van der Waals surface area contributed by atoms with E-state index in [0.29, 0.717) is 0 Å². The van der Waals surface area contributed by atoms with Gasteiger partial charge in [-0.3, -0.25) is 12.2 Å². The van der Waals surface area contributed by atoms with Crippen molar-refractivity contribution < 1.29 is 21.7 Å². The van der Waals surface area contributed by atoms with Gasteiger partial charge in [-0.05, 0) is 0 Å². The molecule has 0 aromatic rings. The minimum absolute atomic E-state index is 0. The zero-order chi connectivity index (χ0) is 14.6. The molecule has 0 fully saturated rings. The molecule has 0 saturated heterocycles. The SMILES string of the molecule is CC1=[C-]C(C)(CC2(C)[C-]=C(C)C(C)=C2C)C(C)=C1C.[CH3-].[CH3-].[Ti+4]. The molecule has 2 rings (SSSR count). The van der Waals surface area contributed by atoms with Crippen molar-refractivity contribution in [1.29, 1.82) is 0 Å². The van der Waals surface area contributed by atoms with Crippen molar-refractivity contribution in [2.75, 3.05) is 0 Å². The molecule has 120 valence electrons. The van der Waals surface area contributed by atoms with E-state index in [9.17, 15) is 0 Å². The van der Waals surface area contributed by atoms with E-state index in [2.05, 4.69) is 67.5 Å². The molecular weight excluding hydrogens is 300 g/mol. The first-order chi connectivity index (χ1) is 8.61. The molecular formula is C21H32Ti. The maximum atomic E-state index is 3.70. The summed E-state index contributed by atoms with van der Waals surface area (Å²) in [4.78, 5) is 0. The molecule has 1 heteroatoms. The Balaban J connectivity index is 0. The smallest absolute Gasteiger partial charge is 0.358 e. The van der Waals surface area contributed by atoms with Crippen LogP contribution in [0.2, 0.25) is 0 Å². The van der Waals surface area contributed by atoms with Crippen LogP contribution in [0.5, 0.6) is 0 Å². The van der Waals surface area contributed by atoms with Crippen molar-refractivity contribution in [3.05, 3.63) is 60.4 Å². The van der Waals surface area contributed by atoms with Crippen LogP contribution in [0.3, 0.4) is 0 Å². The summed E-state index contributed by atoms with van der Waals surface area (Å²) >= 11 is 0. The van der Waals surface area contributed by atoms with E-state index in [1.165, 1.54) is 33.4 Å². The summed E-state index contributed by atoms with van der Waals surface area (Å²) in [5.41, 5.74) is 8.54. The Morgan fingerprint density at radius 2 is 0.955 bits per heavy atom. The summed E-state index contributed by atoms with van der Waals surface area (Å²) in [6.45, 7) is 18.0. The third-order valence-corrected chi connectivity index (χ3v) is 5.54. The first-order valence-electron chi connectivity index (χ1n) is 7.21. The van der Waals surface area contributed by atoms with Gasteiger partial charge in [0.05, 0.1) is 0 Å². The first-order valence-corrected chi connectivity index (χ1v) is 7.21. The van der Waals surface area contributed by atoms with Crippen LogP contribution in [0.1, 0.15) is 61.8 Å². The van der Waals surface area contributed by atoms with Crippen LogP contribution in [0.4, 0.5) is 0 Å². The maximum Gasteiger partial charge on any atom is 4.00 e. The van der Waals surface area contributed by atoms with E-state index in [1.54, 1.807) is 0 Å². The summed E-state index contributed by atoms with van der Waals surface area (Å²) in [6, 6.07) is 0. The van der Waals surface area contributed by atoms with E-state index in [4.69, 9.17) is 0 Å². The van der Waals surface area contributed by atoms with Gasteiger partial charge in [0, 0.05) is 0 Å². The summed E-state index contributed by atoms with van der Waals surface area (Å²) in [5.74, 6) is 0. The molecule has 0 aromatic heterocycles. The van der Waals surface area contributed by atoms with Crippen LogP contribution in [-0.2, 0) is 21.7 Å². The Morgan fingerprint density at radius 1 is 0.682 bits per heavy atom. The molecule has 22 heavy (non-hydrogen) atoms. The Labute approximate surface area is 154 Å². The number of hydrogen-bond acceptors (Lipinski definition) is 0. The first kappa shape index (κ1) is 23.9. The molecule has 2 atom stereocenters. The average Bonchev–Trinajstić information content (AvgIpc) is 2.61. The summed E-state index contributed by atoms with van der Waals surface area (Å²) in [6.07, 6.45) is 8.48. The van der Waals surface area contributed by atoms with Crippen LogP contribution in [0.25, 0.3) is 0 Å². The number of rotatable bonds is 2. The van der Waals surface area contributed by atoms with Crippen LogP contribution in [-0.4, -0.2) is 0 Å². The molecule has 0 bridgehead atoms. The molecule has 2 aliphatic rings. The van der Waals surface area contributed by atoms with Crippen LogP contribution < -0.4 is 0 Å². The van der Waals surface area contributed by atoms with Gasteiger partial charge >= 0.3 is 21.7 Å². The Hall–Kier alpha value is -0.326. The van der Waals surface area contributed by atoms with E-state index >= 15 is 0 Å². The van der Waals surface area contributed by atoms with Crippen molar-refractivity contribution in [3.8, 4) is 0 Å². The minimum Gasteiger partial charge on any atom is -0.358 e. The molecule has 0 aromatic carbocycles. The third-order valence-electron chi connectivity index (χ3n) is 5.54. The minimum atomic E-state index is 0. The molecule has 0 amide bonds. The largest absolute Gasteiger partial charge is 4.00 e. The Kier molecular flexibility index (Phi) is 8.15. The molecule has 0 spiro atoms. The molecule has 0 heterocycles. The van der Waals surface area contributed by atoms with Crippen molar-refractivity contribution in [1.82, 2.24) is 0 Å². The monoisotopic (exact) mass is 332 g/mol. The average molecular weight is 332 g/mol. The second-order valence-electron chi connectivity index (χ2n) is 6.84. The fourth-order valence-electron chi connectivity index (χ4n) is 3.65. The van der Waals surface area contributed by atoms with Gasteiger partial charge in [0.15, 0.2) is 0 Å². The number of hydrogen-bond donors (Lipinski definition) is 0. The van der Waals surface area contributed by atoms with Gasteiger partial charge in [0.1, 0.15) is 0 Å². The van der Waals surface area contributed by atoms with Crippen molar-refractivity contribution in [2.24, 2.45) is 10.8 Å². The summed E-state index contributed by atoms with van der Waals surface area (Å²) in [5, 5.41) is 0. The fraction of sp³-hybridized carbons (Fsp3) is 0.524. The van der Waals surface area contributed by atoms with Gasteiger partial charge in [-0.25, -0.2) is 11.1 Å². The molecule has 0 radical (unpaired) electrons. The van der Waals surface area contributed by atoms with Crippen molar-refractivity contribution >= 4 is 0 Å². The fourth-order valence-corrected chi connectivity index (χ4v) is 3.65. The maximum absolute atomic E-state index is 3.70. The van der Waals surface area contributed by atoms with E-state index in [0.717, 1.165) is 6.42 Å². The molecule has 2 aliphatic carbocycles. The quantitative estimate of drug-likeness (QED) is 0.401. The second-order valence-corrected chi connectivity index (χ2v) is 6.84. The van der Waals surface area contributed by atoms with Crippen molar-refractivity contribution in [3.63, 3.8) is 0 Å². The van der Waals surface area contributed by atoms with Crippen molar-refractivity contribution in [2.45, 2.75) is 61.8 Å². The van der Waals surface area contributed by atoms with Crippen LogP contribution in [0, 0.1) is 37.8 Å². The number of allylic oxidation sites excluding steroid dienone is 8. The van der Waals surface area contributed by atoms with Gasteiger partial charge in [-0.1, -0.05) is 58.8 Å². The Morgan fingerprint density at radius 3 is 1.14 bits per heavy atom. The molecule has 0 nitrogen and oxygen atoms in total. The zero-order valence-electron chi connectivity index (χ0n) is 16.2. The standard InChI is InChI=1S/C19H26.2CH3.Ti/c1-12-9-18(7,16(5)14(12)3)11-19(8)10-13(2)15(4)17(19)6;;;/h11H2,1-8H3;2*1H3;/q-2;2*-1;+4. The topological polar surface area (TPSA) is 0 Å². The predicted octanol–water partition coefficient (Wildman–Crippen LogP) is 6.49. The molecule has 0 aliphatic heterocycles. The molecule has 0 saturated carbocycles. The van der Waals surface area contributed by atoms with E-state index in [-0.39, 0.29) is 47.4 Å². The van der Waals surface area contributed by atoms with Gasteiger partial charge in [-0.2, -0.15) is 22.3 Å². The zero-order valence-corrected chi connectivity index (χ0v) is 17.8. The van der Waals surface area contributed by atoms with Gasteiger partial charge in [0.2, 0.25) is 0 Å². The van der Waals surface area contributed by atoms with Crippen LogP contribution in [0.15, 0.2) is 33.4 Å². The van der Waals surface area contributed by atoms with Gasteiger partial charge < -0.3 is 14.9 Å². The van der Waals surface area contributed by atoms with Gasteiger partial charge in [0.25, 0.3) is 0 Å². The molecule has 0 N–H and O–H groups in total. The third kappa shape index (κ3) is 3.60. The van der Waals surface area contributed by atoms with Gasteiger partial charge in [-0.15, -0.1) is 13.8 Å². The van der Waals surface area contributed by atoms with E-state index in [1.807, 2.05) is 0 Å².